The molecule has 1 atom stereocenters. The Kier molecular flexibility index (Phi) is 5.90. The number of benzene rings is 1. The first kappa shape index (κ1) is 13.0. The van der Waals surface area contributed by atoms with Crippen molar-refractivity contribution in [2.24, 2.45) is 0 Å². The minimum atomic E-state index is 0.119. The SMILES string of the molecule is CCc1ccccc1OCCC(CO)NC. The Morgan fingerprint density at radius 1 is 1.38 bits per heavy atom. The maximum Gasteiger partial charge on any atom is 0.122 e. The van der Waals surface area contributed by atoms with E-state index >= 15 is 0 Å². The lowest BCUT2D eigenvalue weighted by Crippen LogP contribution is -2.30. The molecule has 1 unspecified atom stereocenters. The molecule has 0 fully saturated rings. The molecule has 1 rings (SSSR count). The van der Waals surface area contributed by atoms with E-state index in [2.05, 4.69) is 18.3 Å². The number of hydrogen-bond acceptors (Lipinski definition) is 3. The van der Waals surface area contributed by atoms with Crippen molar-refractivity contribution < 1.29 is 9.84 Å². The summed E-state index contributed by atoms with van der Waals surface area (Å²) in [4.78, 5) is 0. The predicted octanol–water partition coefficient (Wildman–Crippen LogP) is 1.60. The molecule has 1 aromatic carbocycles. The summed E-state index contributed by atoms with van der Waals surface area (Å²) in [6, 6.07) is 8.20. The molecule has 0 aliphatic rings. The Bertz CT molecular complexity index is 298. The minimum absolute atomic E-state index is 0.119. The first-order chi connectivity index (χ1) is 7.81. The molecule has 0 heterocycles. The lowest BCUT2D eigenvalue weighted by molar-refractivity contribution is 0.213. The molecule has 1 aromatic rings. The second kappa shape index (κ2) is 7.25. The summed E-state index contributed by atoms with van der Waals surface area (Å²) in [5.41, 5.74) is 1.23. The molecule has 0 bridgehead atoms. The molecule has 0 aromatic heterocycles. The highest BCUT2D eigenvalue weighted by Crippen LogP contribution is 2.18. The van der Waals surface area contributed by atoms with Gasteiger partial charge in [-0.25, -0.2) is 0 Å². The number of ether oxygens (including phenoxy) is 1. The Labute approximate surface area is 97.4 Å². The summed E-state index contributed by atoms with van der Waals surface area (Å²) in [6.45, 7) is 2.89. The van der Waals surface area contributed by atoms with E-state index in [9.17, 15) is 0 Å². The molecule has 2 N–H and O–H groups in total. The van der Waals surface area contributed by atoms with Gasteiger partial charge < -0.3 is 15.2 Å². The van der Waals surface area contributed by atoms with Crippen LogP contribution in [-0.2, 0) is 6.42 Å². The van der Waals surface area contributed by atoms with Crippen molar-refractivity contribution in [3.05, 3.63) is 29.8 Å². The van der Waals surface area contributed by atoms with E-state index in [1.54, 1.807) is 0 Å². The summed E-state index contributed by atoms with van der Waals surface area (Å²) in [5.74, 6) is 0.956. The van der Waals surface area contributed by atoms with Crippen LogP contribution in [0, 0.1) is 0 Å². The van der Waals surface area contributed by atoms with Crippen LogP contribution in [0.2, 0.25) is 0 Å². The molecule has 0 amide bonds. The Balaban J connectivity index is 2.42. The van der Waals surface area contributed by atoms with Crippen molar-refractivity contribution in [2.75, 3.05) is 20.3 Å². The third-order valence-corrected chi connectivity index (χ3v) is 2.71. The number of rotatable bonds is 7. The smallest absolute Gasteiger partial charge is 0.122 e. The molecule has 90 valence electrons. The lowest BCUT2D eigenvalue weighted by Gasteiger charge is -2.14. The highest BCUT2D eigenvalue weighted by Gasteiger charge is 2.05. The van der Waals surface area contributed by atoms with Crippen molar-refractivity contribution in [1.82, 2.24) is 5.32 Å². The van der Waals surface area contributed by atoms with Crippen molar-refractivity contribution >= 4 is 0 Å². The van der Waals surface area contributed by atoms with Gasteiger partial charge in [0.15, 0.2) is 0 Å². The first-order valence-electron chi connectivity index (χ1n) is 5.80. The zero-order valence-corrected chi connectivity index (χ0v) is 10.1. The summed E-state index contributed by atoms with van der Waals surface area (Å²) in [7, 11) is 1.85. The number of nitrogens with one attached hydrogen (secondary N) is 1. The molecule has 0 aliphatic carbocycles. The summed E-state index contributed by atoms with van der Waals surface area (Å²) >= 11 is 0. The van der Waals surface area contributed by atoms with Crippen LogP contribution < -0.4 is 10.1 Å². The number of para-hydroxylation sites is 1. The van der Waals surface area contributed by atoms with Crippen LogP contribution in [0.25, 0.3) is 0 Å². The van der Waals surface area contributed by atoms with Gasteiger partial charge in [-0.15, -0.1) is 0 Å². The maximum atomic E-state index is 9.01. The molecule has 0 aliphatic heterocycles. The van der Waals surface area contributed by atoms with Gasteiger partial charge in [0.2, 0.25) is 0 Å². The molecular weight excluding hydrogens is 202 g/mol. The molecule has 16 heavy (non-hydrogen) atoms. The monoisotopic (exact) mass is 223 g/mol. The van der Waals surface area contributed by atoms with Crippen LogP contribution in [0.5, 0.6) is 5.75 Å². The Morgan fingerprint density at radius 2 is 2.12 bits per heavy atom. The van der Waals surface area contributed by atoms with Crippen LogP contribution in [0.4, 0.5) is 0 Å². The van der Waals surface area contributed by atoms with Gasteiger partial charge in [-0.05, 0) is 31.5 Å². The normalized spacial score (nSPS) is 12.4. The van der Waals surface area contributed by atoms with Crippen molar-refractivity contribution in [3.63, 3.8) is 0 Å². The number of aliphatic hydroxyl groups excluding tert-OH is 1. The summed E-state index contributed by atoms with van der Waals surface area (Å²) < 4.78 is 5.71. The van der Waals surface area contributed by atoms with E-state index in [0.717, 1.165) is 18.6 Å². The van der Waals surface area contributed by atoms with E-state index in [1.165, 1.54) is 5.56 Å². The van der Waals surface area contributed by atoms with Crippen LogP contribution >= 0.6 is 0 Å². The summed E-state index contributed by atoms with van der Waals surface area (Å²) in [5, 5.41) is 12.0. The fourth-order valence-corrected chi connectivity index (χ4v) is 1.57. The van der Waals surface area contributed by atoms with E-state index in [1.807, 2.05) is 25.2 Å². The van der Waals surface area contributed by atoms with E-state index in [-0.39, 0.29) is 12.6 Å². The molecule has 0 radical (unpaired) electrons. The standard InChI is InChI=1S/C13H21NO2/c1-3-11-6-4-5-7-13(11)16-9-8-12(10-15)14-2/h4-7,12,14-15H,3,8-10H2,1-2H3. The van der Waals surface area contributed by atoms with Gasteiger partial charge in [-0.3, -0.25) is 0 Å². The number of hydrogen-bond donors (Lipinski definition) is 2. The van der Waals surface area contributed by atoms with Gasteiger partial charge in [0.1, 0.15) is 5.75 Å². The van der Waals surface area contributed by atoms with Crippen LogP contribution in [-0.4, -0.2) is 31.4 Å². The number of likely N-dealkylation sites (N-methyl/N-ethyl adjacent to an activating group) is 1. The van der Waals surface area contributed by atoms with Gasteiger partial charge >= 0.3 is 0 Å². The van der Waals surface area contributed by atoms with Gasteiger partial charge in [-0.1, -0.05) is 25.1 Å². The Morgan fingerprint density at radius 3 is 2.75 bits per heavy atom. The van der Waals surface area contributed by atoms with E-state index in [0.29, 0.717) is 6.61 Å². The molecule has 0 spiro atoms. The van der Waals surface area contributed by atoms with E-state index < -0.39 is 0 Å². The molecular formula is C13H21NO2. The second-order valence-electron chi connectivity index (χ2n) is 3.77. The average molecular weight is 223 g/mol. The quantitative estimate of drug-likeness (QED) is 0.737. The topological polar surface area (TPSA) is 41.5 Å². The third-order valence-electron chi connectivity index (χ3n) is 2.71. The minimum Gasteiger partial charge on any atom is -0.493 e. The van der Waals surface area contributed by atoms with Crippen molar-refractivity contribution in [2.45, 2.75) is 25.8 Å². The lowest BCUT2D eigenvalue weighted by atomic mass is 10.1. The van der Waals surface area contributed by atoms with Crippen LogP contribution in [0.3, 0.4) is 0 Å². The van der Waals surface area contributed by atoms with Crippen molar-refractivity contribution in [1.29, 1.82) is 0 Å². The van der Waals surface area contributed by atoms with Crippen LogP contribution in [0.1, 0.15) is 18.9 Å². The van der Waals surface area contributed by atoms with Gasteiger partial charge in [0.05, 0.1) is 13.2 Å². The third kappa shape index (κ3) is 3.83. The summed E-state index contributed by atoms with van der Waals surface area (Å²) in [6.07, 6.45) is 1.79. The highest BCUT2D eigenvalue weighted by atomic mass is 16.5. The van der Waals surface area contributed by atoms with Crippen molar-refractivity contribution in [3.8, 4) is 5.75 Å². The largest absolute Gasteiger partial charge is 0.493 e. The fourth-order valence-electron chi connectivity index (χ4n) is 1.57. The molecule has 3 heteroatoms. The zero-order chi connectivity index (χ0) is 11.8. The fraction of sp³-hybridized carbons (Fsp3) is 0.538. The number of aryl methyl sites for hydroxylation is 1. The van der Waals surface area contributed by atoms with Crippen LogP contribution in [0.15, 0.2) is 24.3 Å². The van der Waals surface area contributed by atoms with Gasteiger partial charge in [-0.2, -0.15) is 0 Å². The molecule has 0 saturated heterocycles. The average Bonchev–Trinajstić information content (AvgIpc) is 2.35. The highest BCUT2D eigenvalue weighted by molar-refractivity contribution is 5.33. The maximum absolute atomic E-state index is 9.01. The number of aliphatic hydroxyl groups is 1. The van der Waals surface area contributed by atoms with Gasteiger partial charge in [0.25, 0.3) is 0 Å². The predicted molar refractivity (Wildman–Crippen MR) is 65.9 cm³/mol. The van der Waals surface area contributed by atoms with Gasteiger partial charge in [0, 0.05) is 6.04 Å². The second-order valence-corrected chi connectivity index (χ2v) is 3.77. The molecule has 0 saturated carbocycles. The zero-order valence-electron chi connectivity index (χ0n) is 10.1. The molecule has 3 nitrogen and oxygen atoms in total. The first-order valence-corrected chi connectivity index (χ1v) is 5.80. The van der Waals surface area contributed by atoms with E-state index in [4.69, 9.17) is 9.84 Å². The Hall–Kier alpha value is -1.06.